The summed E-state index contributed by atoms with van der Waals surface area (Å²) in [6, 6.07) is 5.35. The van der Waals surface area contributed by atoms with Crippen LogP contribution in [0.2, 0.25) is 0 Å². The number of hydrogen-bond acceptors (Lipinski definition) is 1. The van der Waals surface area contributed by atoms with Crippen molar-refractivity contribution in [3.63, 3.8) is 0 Å². The van der Waals surface area contributed by atoms with Gasteiger partial charge >= 0.3 is 6.18 Å². The lowest BCUT2D eigenvalue weighted by atomic mass is 9.90. The van der Waals surface area contributed by atoms with E-state index in [1.54, 1.807) is 13.0 Å². The first-order valence-corrected chi connectivity index (χ1v) is 4.84. The van der Waals surface area contributed by atoms with E-state index >= 15 is 0 Å². The molecular formula is C11H13F4N. The van der Waals surface area contributed by atoms with Crippen LogP contribution >= 0.6 is 0 Å². The monoisotopic (exact) mass is 235 g/mol. The van der Waals surface area contributed by atoms with E-state index in [2.05, 4.69) is 0 Å². The Morgan fingerprint density at radius 2 is 1.81 bits per heavy atom. The fourth-order valence-corrected chi connectivity index (χ4v) is 1.54. The molecule has 2 N–H and O–H groups in total. The van der Waals surface area contributed by atoms with E-state index in [1.165, 1.54) is 12.1 Å². The Morgan fingerprint density at radius 3 is 2.25 bits per heavy atom. The minimum Gasteiger partial charge on any atom is -0.330 e. The average Bonchev–Trinajstić information content (AvgIpc) is 2.16. The number of benzene rings is 1. The number of halogens is 4. The summed E-state index contributed by atoms with van der Waals surface area (Å²) in [4.78, 5) is 0. The van der Waals surface area contributed by atoms with Crippen LogP contribution in [-0.2, 0) is 5.67 Å². The average molecular weight is 235 g/mol. The van der Waals surface area contributed by atoms with E-state index in [1.807, 2.05) is 0 Å². The minimum absolute atomic E-state index is 0.357. The quantitative estimate of drug-likeness (QED) is 0.800. The van der Waals surface area contributed by atoms with Crippen LogP contribution < -0.4 is 5.73 Å². The Labute approximate surface area is 91.3 Å². The van der Waals surface area contributed by atoms with Crippen LogP contribution in [0, 0.1) is 6.92 Å². The van der Waals surface area contributed by atoms with Crippen molar-refractivity contribution in [1.29, 1.82) is 0 Å². The summed E-state index contributed by atoms with van der Waals surface area (Å²) >= 11 is 0. The summed E-state index contributed by atoms with van der Waals surface area (Å²) in [6.45, 7) is 1.26. The predicted octanol–water partition coefficient (Wildman–Crippen LogP) is 3.07. The first-order valence-electron chi connectivity index (χ1n) is 4.84. The first kappa shape index (κ1) is 13.0. The predicted molar refractivity (Wildman–Crippen MR) is 53.7 cm³/mol. The highest BCUT2D eigenvalue weighted by molar-refractivity contribution is 5.29. The Balaban J connectivity index is 3.21. The fraction of sp³-hybridized carbons (Fsp3) is 0.455. The minimum atomic E-state index is -4.94. The Kier molecular flexibility index (Phi) is 3.57. The Morgan fingerprint density at radius 1 is 1.19 bits per heavy atom. The highest BCUT2D eigenvalue weighted by Gasteiger charge is 2.56. The maximum atomic E-state index is 14.0. The van der Waals surface area contributed by atoms with E-state index in [4.69, 9.17) is 5.73 Å². The van der Waals surface area contributed by atoms with E-state index in [-0.39, 0.29) is 12.1 Å². The normalized spacial score (nSPS) is 15.9. The standard InChI is InChI=1S/C11H13F4N/c1-8-3-2-4-9(7-8)10(12,5-6-16)11(13,14)15/h2-4,7H,5-6,16H2,1H3. The molecule has 0 aliphatic rings. The highest BCUT2D eigenvalue weighted by atomic mass is 19.4. The van der Waals surface area contributed by atoms with Gasteiger partial charge in [-0.3, -0.25) is 0 Å². The second kappa shape index (κ2) is 4.41. The van der Waals surface area contributed by atoms with Crippen LogP contribution in [0.5, 0.6) is 0 Å². The third kappa shape index (κ3) is 2.35. The van der Waals surface area contributed by atoms with Gasteiger partial charge in [-0.05, 0) is 19.0 Å². The van der Waals surface area contributed by atoms with Crippen molar-refractivity contribution < 1.29 is 17.6 Å². The molecule has 0 aromatic heterocycles. The lowest BCUT2D eigenvalue weighted by Gasteiger charge is -2.28. The molecule has 0 amide bonds. The molecule has 1 unspecified atom stereocenters. The van der Waals surface area contributed by atoms with Crippen LogP contribution in [0.4, 0.5) is 17.6 Å². The van der Waals surface area contributed by atoms with Crippen LogP contribution in [0.25, 0.3) is 0 Å². The van der Waals surface area contributed by atoms with E-state index in [9.17, 15) is 17.6 Å². The van der Waals surface area contributed by atoms with Gasteiger partial charge in [-0.25, -0.2) is 4.39 Å². The molecule has 0 heterocycles. The lowest BCUT2D eigenvalue weighted by molar-refractivity contribution is -0.237. The van der Waals surface area contributed by atoms with Gasteiger partial charge in [0.25, 0.3) is 0 Å². The van der Waals surface area contributed by atoms with Gasteiger partial charge in [0.05, 0.1) is 0 Å². The van der Waals surface area contributed by atoms with Crippen LogP contribution in [0.15, 0.2) is 24.3 Å². The molecular weight excluding hydrogens is 222 g/mol. The van der Waals surface area contributed by atoms with E-state index in [0.717, 1.165) is 6.07 Å². The first-order chi connectivity index (χ1) is 7.31. The van der Waals surface area contributed by atoms with E-state index < -0.39 is 18.3 Å². The molecule has 0 aliphatic carbocycles. The molecule has 1 aromatic rings. The molecule has 0 saturated carbocycles. The summed E-state index contributed by atoms with van der Waals surface area (Å²) in [5.41, 5.74) is 1.89. The molecule has 1 aromatic carbocycles. The number of nitrogens with two attached hydrogens (primary N) is 1. The second-order valence-electron chi connectivity index (χ2n) is 3.71. The lowest BCUT2D eigenvalue weighted by Crippen LogP contribution is -2.40. The molecule has 0 spiro atoms. The van der Waals surface area contributed by atoms with Gasteiger partial charge in [-0.1, -0.05) is 29.8 Å². The summed E-state index contributed by atoms with van der Waals surface area (Å²) in [6.07, 6.45) is -5.71. The second-order valence-corrected chi connectivity index (χ2v) is 3.71. The maximum Gasteiger partial charge on any atom is 0.426 e. The molecule has 90 valence electrons. The van der Waals surface area contributed by atoms with Crippen molar-refractivity contribution >= 4 is 0 Å². The van der Waals surface area contributed by atoms with Gasteiger partial charge in [0, 0.05) is 6.42 Å². The van der Waals surface area contributed by atoms with Gasteiger partial charge < -0.3 is 5.73 Å². The summed E-state index contributed by atoms with van der Waals surface area (Å²) in [7, 11) is 0. The molecule has 0 saturated heterocycles. The summed E-state index contributed by atoms with van der Waals surface area (Å²) in [5.74, 6) is 0. The fourth-order valence-electron chi connectivity index (χ4n) is 1.54. The topological polar surface area (TPSA) is 26.0 Å². The zero-order valence-corrected chi connectivity index (χ0v) is 8.81. The zero-order valence-electron chi connectivity index (χ0n) is 8.81. The number of rotatable bonds is 3. The largest absolute Gasteiger partial charge is 0.426 e. The highest BCUT2D eigenvalue weighted by Crippen LogP contribution is 2.44. The van der Waals surface area contributed by atoms with Crippen molar-refractivity contribution in [1.82, 2.24) is 0 Å². The van der Waals surface area contributed by atoms with Gasteiger partial charge in [-0.15, -0.1) is 0 Å². The van der Waals surface area contributed by atoms with Crippen molar-refractivity contribution in [3.05, 3.63) is 35.4 Å². The molecule has 1 rings (SSSR count). The molecule has 1 nitrogen and oxygen atoms in total. The summed E-state index contributed by atoms with van der Waals surface area (Å²) < 4.78 is 52.0. The molecule has 5 heteroatoms. The molecule has 0 aliphatic heterocycles. The van der Waals surface area contributed by atoms with Crippen LogP contribution in [0.1, 0.15) is 17.5 Å². The van der Waals surface area contributed by atoms with Crippen molar-refractivity contribution in [3.8, 4) is 0 Å². The van der Waals surface area contributed by atoms with Crippen molar-refractivity contribution in [2.45, 2.75) is 25.2 Å². The van der Waals surface area contributed by atoms with Crippen molar-refractivity contribution in [2.75, 3.05) is 6.54 Å². The zero-order chi connectivity index (χ0) is 12.4. The SMILES string of the molecule is Cc1cccc(C(F)(CCN)C(F)(F)F)c1. The summed E-state index contributed by atoms with van der Waals surface area (Å²) in [5, 5.41) is 0. The molecule has 0 radical (unpaired) electrons. The van der Waals surface area contributed by atoms with Crippen LogP contribution in [-0.4, -0.2) is 12.7 Å². The molecule has 0 fully saturated rings. The molecule has 16 heavy (non-hydrogen) atoms. The smallest absolute Gasteiger partial charge is 0.330 e. The maximum absolute atomic E-state index is 14.0. The van der Waals surface area contributed by atoms with Gasteiger partial charge in [0.1, 0.15) is 0 Å². The van der Waals surface area contributed by atoms with Gasteiger partial charge in [0.15, 0.2) is 0 Å². The number of aryl methyl sites for hydroxylation is 1. The third-order valence-electron chi connectivity index (χ3n) is 2.41. The van der Waals surface area contributed by atoms with Crippen LogP contribution in [0.3, 0.4) is 0 Å². The number of hydrogen-bond donors (Lipinski definition) is 1. The van der Waals surface area contributed by atoms with Crippen molar-refractivity contribution in [2.24, 2.45) is 5.73 Å². The molecule has 0 bridgehead atoms. The van der Waals surface area contributed by atoms with Gasteiger partial charge in [-0.2, -0.15) is 13.2 Å². The number of alkyl halides is 4. The van der Waals surface area contributed by atoms with Gasteiger partial charge in [0.2, 0.25) is 5.67 Å². The third-order valence-corrected chi connectivity index (χ3v) is 2.41. The Hall–Kier alpha value is -1.10. The van der Waals surface area contributed by atoms with E-state index in [0.29, 0.717) is 5.56 Å². The molecule has 1 atom stereocenters. The Bertz CT molecular complexity index is 361.